The lowest BCUT2D eigenvalue weighted by Crippen LogP contribution is -1.99. The van der Waals surface area contributed by atoms with E-state index in [4.69, 9.17) is 5.26 Å². The highest BCUT2D eigenvalue weighted by molar-refractivity contribution is 5.57. The second-order valence-corrected chi connectivity index (χ2v) is 5.22. The number of aromatic nitrogens is 2. The Labute approximate surface area is 119 Å². The number of rotatable bonds is 4. The van der Waals surface area contributed by atoms with Crippen molar-refractivity contribution >= 4 is 11.5 Å². The topological polar surface area (TPSA) is 61.6 Å². The van der Waals surface area contributed by atoms with Crippen molar-refractivity contribution < 1.29 is 0 Å². The van der Waals surface area contributed by atoms with Crippen molar-refractivity contribution in [3.8, 4) is 6.07 Å². The van der Waals surface area contributed by atoms with Crippen LogP contribution in [0.4, 0.5) is 11.5 Å². The van der Waals surface area contributed by atoms with Gasteiger partial charge in [-0.3, -0.25) is 0 Å². The first-order valence-corrected chi connectivity index (χ1v) is 6.68. The van der Waals surface area contributed by atoms with E-state index >= 15 is 0 Å². The Kier molecular flexibility index (Phi) is 4.31. The Balaban J connectivity index is 2.14. The number of hydrogen-bond acceptors (Lipinski definition) is 4. The molecule has 0 amide bonds. The van der Waals surface area contributed by atoms with Crippen LogP contribution in [-0.2, 0) is 6.42 Å². The van der Waals surface area contributed by atoms with Crippen LogP contribution in [0, 0.1) is 24.2 Å². The number of hydrogen-bond donors (Lipinski definition) is 1. The van der Waals surface area contributed by atoms with Crippen LogP contribution in [0.5, 0.6) is 0 Å². The van der Waals surface area contributed by atoms with E-state index in [0.717, 1.165) is 12.1 Å². The number of aryl methyl sites for hydroxylation is 1. The third kappa shape index (κ3) is 3.79. The molecule has 0 saturated heterocycles. The highest BCUT2D eigenvalue weighted by Gasteiger charge is 2.03. The van der Waals surface area contributed by atoms with Crippen molar-refractivity contribution in [2.24, 2.45) is 5.92 Å². The zero-order valence-corrected chi connectivity index (χ0v) is 12.0. The molecular formula is C16H18N4. The fourth-order valence-corrected chi connectivity index (χ4v) is 2.03. The molecule has 0 fully saturated rings. The van der Waals surface area contributed by atoms with Crippen molar-refractivity contribution in [2.45, 2.75) is 27.2 Å². The molecule has 0 radical (unpaired) electrons. The van der Waals surface area contributed by atoms with Crippen molar-refractivity contribution in [1.82, 2.24) is 9.97 Å². The van der Waals surface area contributed by atoms with Gasteiger partial charge in [0.1, 0.15) is 23.4 Å². The first kappa shape index (κ1) is 14.0. The summed E-state index contributed by atoms with van der Waals surface area (Å²) >= 11 is 0. The van der Waals surface area contributed by atoms with E-state index in [9.17, 15) is 0 Å². The minimum atomic E-state index is 0.372. The molecule has 0 spiro atoms. The van der Waals surface area contributed by atoms with Gasteiger partial charge in [0.25, 0.3) is 0 Å². The molecule has 2 rings (SSSR count). The van der Waals surface area contributed by atoms with Gasteiger partial charge in [-0.25, -0.2) is 9.97 Å². The van der Waals surface area contributed by atoms with Gasteiger partial charge in [0, 0.05) is 11.8 Å². The number of nitrogens with zero attached hydrogens (tertiary/aromatic N) is 3. The first-order valence-electron chi connectivity index (χ1n) is 6.68. The molecule has 0 unspecified atom stereocenters. The molecule has 20 heavy (non-hydrogen) atoms. The van der Waals surface area contributed by atoms with E-state index in [-0.39, 0.29) is 0 Å². The van der Waals surface area contributed by atoms with Crippen LogP contribution >= 0.6 is 0 Å². The Morgan fingerprint density at radius 2 is 1.90 bits per heavy atom. The largest absolute Gasteiger partial charge is 0.340 e. The van der Waals surface area contributed by atoms with Gasteiger partial charge in [-0.05, 0) is 37.0 Å². The van der Waals surface area contributed by atoms with E-state index in [2.05, 4.69) is 41.3 Å². The molecule has 1 aromatic carbocycles. The van der Waals surface area contributed by atoms with Crippen LogP contribution < -0.4 is 5.32 Å². The zero-order valence-electron chi connectivity index (χ0n) is 12.0. The molecular weight excluding hydrogens is 248 g/mol. The molecule has 1 N–H and O–H groups in total. The molecule has 0 bridgehead atoms. The van der Waals surface area contributed by atoms with Crippen molar-refractivity contribution in [3.05, 3.63) is 47.4 Å². The summed E-state index contributed by atoms with van der Waals surface area (Å²) in [5.74, 6) is 1.88. The molecule has 0 saturated carbocycles. The summed E-state index contributed by atoms with van der Waals surface area (Å²) in [4.78, 5) is 8.30. The lowest BCUT2D eigenvalue weighted by atomic mass is 10.0. The Morgan fingerprint density at radius 3 is 2.50 bits per heavy atom. The predicted molar refractivity (Wildman–Crippen MR) is 79.8 cm³/mol. The van der Waals surface area contributed by atoms with Gasteiger partial charge in [-0.2, -0.15) is 5.26 Å². The van der Waals surface area contributed by atoms with Crippen LogP contribution in [0.15, 0.2) is 30.3 Å². The molecule has 1 aromatic heterocycles. The maximum absolute atomic E-state index is 8.90. The number of nitriles is 1. The highest BCUT2D eigenvalue weighted by Crippen LogP contribution is 2.17. The molecule has 102 valence electrons. The van der Waals surface area contributed by atoms with Crippen molar-refractivity contribution in [2.75, 3.05) is 5.32 Å². The summed E-state index contributed by atoms with van der Waals surface area (Å²) in [6.07, 6.45) is 1.07. The summed E-state index contributed by atoms with van der Waals surface area (Å²) < 4.78 is 0. The Morgan fingerprint density at radius 1 is 1.20 bits per heavy atom. The third-order valence-electron chi connectivity index (χ3n) is 2.82. The summed E-state index contributed by atoms with van der Waals surface area (Å²) in [6, 6.07) is 12.0. The Hall–Kier alpha value is -2.41. The van der Waals surface area contributed by atoms with Gasteiger partial charge in [-0.1, -0.05) is 26.0 Å². The first-order chi connectivity index (χ1) is 9.56. The van der Waals surface area contributed by atoms with Gasteiger partial charge in [0.05, 0.1) is 0 Å². The van der Waals surface area contributed by atoms with Crippen LogP contribution in [-0.4, -0.2) is 9.97 Å². The van der Waals surface area contributed by atoms with E-state index < -0.39 is 0 Å². The summed E-state index contributed by atoms with van der Waals surface area (Å²) in [5, 5.41) is 12.1. The molecule has 0 aliphatic rings. The second kappa shape index (κ2) is 6.16. The number of anilines is 2. The summed E-state index contributed by atoms with van der Waals surface area (Å²) in [6.45, 7) is 6.19. The molecule has 0 aliphatic heterocycles. The van der Waals surface area contributed by atoms with Gasteiger partial charge in [0.2, 0.25) is 0 Å². The number of benzene rings is 1. The van der Waals surface area contributed by atoms with Crippen LogP contribution in [0.25, 0.3) is 0 Å². The van der Waals surface area contributed by atoms with Crippen LogP contribution in [0.1, 0.15) is 30.9 Å². The lowest BCUT2D eigenvalue weighted by Gasteiger charge is -2.09. The third-order valence-corrected chi connectivity index (χ3v) is 2.82. The van der Waals surface area contributed by atoms with Crippen LogP contribution in [0.3, 0.4) is 0 Å². The molecule has 4 heteroatoms. The minimum absolute atomic E-state index is 0.372. The fourth-order valence-electron chi connectivity index (χ4n) is 2.03. The quantitative estimate of drug-likeness (QED) is 0.918. The molecule has 0 aliphatic carbocycles. The van der Waals surface area contributed by atoms with Gasteiger partial charge in [-0.15, -0.1) is 0 Å². The fraction of sp³-hybridized carbons (Fsp3) is 0.312. The maximum Gasteiger partial charge on any atom is 0.146 e. The molecule has 4 nitrogen and oxygen atoms in total. The SMILES string of the molecule is Cc1nc(C#N)cc(Nc2ccc(CC(C)C)cc2)n1. The second-order valence-electron chi connectivity index (χ2n) is 5.22. The highest BCUT2D eigenvalue weighted by atomic mass is 15.0. The lowest BCUT2D eigenvalue weighted by molar-refractivity contribution is 0.647. The van der Waals surface area contributed by atoms with E-state index in [1.54, 1.807) is 13.0 Å². The minimum Gasteiger partial charge on any atom is -0.340 e. The van der Waals surface area contributed by atoms with Crippen molar-refractivity contribution in [3.63, 3.8) is 0 Å². The standard InChI is InChI=1S/C16H18N4/c1-11(2)8-13-4-6-14(7-5-13)20-16-9-15(10-17)18-12(3)19-16/h4-7,9,11H,8H2,1-3H3,(H,18,19,20). The van der Waals surface area contributed by atoms with Crippen molar-refractivity contribution in [1.29, 1.82) is 5.26 Å². The normalized spacial score (nSPS) is 10.3. The van der Waals surface area contributed by atoms with Gasteiger partial charge in [0.15, 0.2) is 0 Å². The predicted octanol–water partition coefficient (Wildman–Crippen LogP) is 3.60. The smallest absolute Gasteiger partial charge is 0.146 e. The molecule has 1 heterocycles. The number of nitrogens with one attached hydrogen (secondary N) is 1. The maximum atomic E-state index is 8.90. The average molecular weight is 266 g/mol. The van der Waals surface area contributed by atoms with Gasteiger partial charge >= 0.3 is 0 Å². The Bertz CT molecular complexity index is 624. The van der Waals surface area contributed by atoms with Crippen LogP contribution in [0.2, 0.25) is 0 Å². The zero-order chi connectivity index (χ0) is 14.5. The molecule has 0 atom stereocenters. The summed E-state index contributed by atoms with van der Waals surface area (Å²) in [7, 11) is 0. The monoisotopic (exact) mass is 266 g/mol. The van der Waals surface area contributed by atoms with E-state index in [1.165, 1.54) is 5.56 Å². The van der Waals surface area contributed by atoms with E-state index in [0.29, 0.717) is 23.3 Å². The summed E-state index contributed by atoms with van der Waals surface area (Å²) in [5.41, 5.74) is 2.65. The van der Waals surface area contributed by atoms with E-state index in [1.807, 2.05) is 18.2 Å². The molecule has 2 aromatic rings. The average Bonchev–Trinajstić information content (AvgIpc) is 2.39. The van der Waals surface area contributed by atoms with Gasteiger partial charge < -0.3 is 5.32 Å².